The number of rotatable bonds is 7. The number of ketones is 1. The van der Waals surface area contributed by atoms with Gasteiger partial charge in [-0.25, -0.2) is 8.78 Å². The third-order valence-electron chi connectivity index (χ3n) is 4.73. The Morgan fingerprint density at radius 2 is 1.78 bits per heavy atom. The van der Waals surface area contributed by atoms with Gasteiger partial charge >= 0.3 is 0 Å². The average molecular weight is 322 g/mol. The van der Waals surface area contributed by atoms with Crippen LogP contribution in [-0.2, 0) is 11.2 Å². The number of hydrogen-bond donors (Lipinski definition) is 0. The molecule has 0 spiro atoms. The van der Waals surface area contributed by atoms with E-state index in [1.54, 1.807) is 0 Å². The van der Waals surface area contributed by atoms with E-state index in [1.807, 2.05) is 0 Å². The van der Waals surface area contributed by atoms with E-state index in [1.165, 1.54) is 18.6 Å². The molecular weight excluding hydrogens is 294 g/mol. The highest BCUT2D eigenvalue weighted by Gasteiger charge is 2.36. The van der Waals surface area contributed by atoms with Crippen molar-refractivity contribution in [3.63, 3.8) is 0 Å². The molecule has 1 fully saturated rings. The molecule has 2 rings (SSSR count). The number of carbonyl (C=O) groups is 1. The fraction of sp³-hybridized carbons (Fsp3) is 0.650. The molecule has 3 heteroatoms. The summed E-state index contributed by atoms with van der Waals surface area (Å²) in [6.07, 6.45) is 3.93. The smallest absolute Gasteiger partial charge is 0.136 e. The Bertz CT molecular complexity index is 539. The maximum absolute atomic E-state index is 13.3. The Kier molecular flexibility index (Phi) is 5.59. The zero-order valence-electron chi connectivity index (χ0n) is 14.7. The van der Waals surface area contributed by atoms with Crippen molar-refractivity contribution in [2.24, 2.45) is 23.2 Å². The monoisotopic (exact) mass is 322 g/mol. The fourth-order valence-corrected chi connectivity index (χ4v) is 3.27. The van der Waals surface area contributed by atoms with Crippen LogP contribution in [0.15, 0.2) is 18.2 Å². The molecule has 0 bridgehead atoms. The lowest BCUT2D eigenvalue weighted by atomic mass is 9.81. The van der Waals surface area contributed by atoms with E-state index in [9.17, 15) is 13.6 Å². The summed E-state index contributed by atoms with van der Waals surface area (Å²) in [7, 11) is 0. The van der Waals surface area contributed by atoms with Crippen LogP contribution in [0.25, 0.3) is 0 Å². The van der Waals surface area contributed by atoms with E-state index in [-0.39, 0.29) is 11.3 Å². The highest BCUT2D eigenvalue weighted by Crippen LogP contribution is 2.44. The molecule has 0 aromatic heterocycles. The third kappa shape index (κ3) is 6.04. The number of benzene rings is 1. The van der Waals surface area contributed by atoms with E-state index >= 15 is 0 Å². The SMILES string of the molecule is CC1CC1CC(CCc1cc(F)cc(F)c1)C(=O)CC(C)(C)C. The van der Waals surface area contributed by atoms with Crippen molar-refractivity contribution in [2.75, 3.05) is 0 Å². The Balaban J connectivity index is 2.00. The van der Waals surface area contributed by atoms with E-state index < -0.39 is 11.6 Å². The second kappa shape index (κ2) is 7.11. The van der Waals surface area contributed by atoms with Gasteiger partial charge in [-0.3, -0.25) is 4.79 Å². The largest absolute Gasteiger partial charge is 0.299 e. The van der Waals surface area contributed by atoms with Crippen molar-refractivity contribution < 1.29 is 13.6 Å². The molecule has 1 aliphatic rings. The van der Waals surface area contributed by atoms with Crippen LogP contribution in [0, 0.1) is 34.8 Å². The van der Waals surface area contributed by atoms with Gasteiger partial charge in [0.1, 0.15) is 17.4 Å². The molecule has 0 amide bonds. The summed E-state index contributed by atoms with van der Waals surface area (Å²) in [6, 6.07) is 3.62. The second-order valence-electron chi connectivity index (χ2n) is 8.43. The zero-order chi connectivity index (χ0) is 17.2. The summed E-state index contributed by atoms with van der Waals surface area (Å²) in [5.41, 5.74) is 0.620. The number of Topliss-reactive ketones (excluding diaryl/α,β-unsaturated/α-hetero) is 1. The Hall–Kier alpha value is -1.25. The number of halogens is 2. The van der Waals surface area contributed by atoms with E-state index in [0.717, 1.165) is 12.5 Å². The maximum atomic E-state index is 13.3. The fourth-order valence-electron chi connectivity index (χ4n) is 3.27. The standard InChI is InChI=1S/C20H28F2O/c1-13-7-16(13)10-15(19(23)12-20(2,3)4)6-5-14-8-17(21)11-18(22)9-14/h8-9,11,13,15-16H,5-7,10,12H2,1-4H3. The van der Waals surface area contributed by atoms with Crippen LogP contribution in [0.1, 0.15) is 58.9 Å². The van der Waals surface area contributed by atoms with Crippen molar-refractivity contribution in [3.05, 3.63) is 35.4 Å². The van der Waals surface area contributed by atoms with Crippen LogP contribution in [-0.4, -0.2) is 5.78 Å². The first-order valence-corrected chi connectivity index (χ1v) is 8.62. The van der Waals surface area contributed by atoms with Crippen molar-refractivity contribution in [3.8, 4) is 0 Å². The Morgan fingerprint density at radius 1 is 1.22 bits per heavy atom. The number of hydrogen-bond acceptors (Lipinski definition) is 1. The van der Waals surface area contributed by atoms with Gasteiger partial charge in [0.15, 0.2) is 0 Å². The molecule has 1 aromatic rings. The highest BCUT2D eigenvalue weighted by molar-refractivity contribution is 5.81. The topological polar surface area (TPSA) is 17.1 Å². The minimum Gasteiger partial charge on any atom is -0.299 e. The van der Waals surface area contributed by atoms with Crippen LogP contribution in [0.5, 0.6) is 0 Å². The van der Waals surface area contributed by atoms with Crippen LogP contribution < -0.4 is 0 Å². The summed E-state index contributed by atoms with van der Waals surface area (Å²) in [5.74, 6) is 0.574. The lowest BCUT2D eigenvalue weighted by Crippen LogP contribution is -2.22. The van der Waals surface area contributed by atoms with Crippen molar-refractivity contribution >= 4 is 5.78 Å². The van der Waals surface area contributed by atoms with E-state index in [2.05, 4.69) is 27.7 Å². The zero-order valence-corrected chi connectivity index (χ0v) is 14.7. The molecule has 3 unspecified atom stereocenters. The van der Waals surface area contributed by atoms with Gasteiger partial charge in [-0.2, -0.15) is 0 Å². The van der Waals surface area contributed by atoms with Crippen LogP contribution in [0.2, 0.25) is 0 Å². The first kappa shape index (κ1) is 18.1. The van der Waals surface area contributed by atoms with Gasteiger partial charge in [-0.15, -0.1) is 0 Å². The van der Waals surface area contributed by atoms with Gasteiger partial charge in [0.25, 0.3) is 0 Å². The molecule has 1 aromatic carbocycles. The summed E-state index contributed by atoms with van der Waals surface area (Å²) >= 11 is 0. The Labute approximate surface area is 138 Å². The van der Waals surface area contributed by atoms with Crippen molar-refractivity contribution in [2.45, 2.75) is 59.8 Å². The first-order chi connectivity index (χ1) is 10.6. The van der Waals surface area contributed by atoms with Crippen LogP contribution >= 0.6 is 0 Å². The molecule has 0 saturated heterocycles. The van der Waals surface area contributed by atoms with Crippen LogP contribution in [0.3, 0.4) is 0 Å². The molecule has 1 nitrogen and oxygen atoms in total. The predicted octanol–water partition coefficient (Wildman–Crippen LogP) is 5.57. The molecule has 1 saturated carbocycles. The molecule has 0 N–H and O–H groups in total. The van der Waals surface area contributed by atoms with Crippen LogP contribution in [0.4, 0.5) is 8.78 Å². The lowest BCUT2D eigenvalue weighted by Gasteiger charge is -2.22. The second-order valence-corrected chi connectivity index (χ2v) is 8.43. The molecule has 1 aliphatic carbocycles. The quantitative estimate of drug-likeness (QED) is 0.642. The van der Waals surface area contributed by atoms with Gasteiger partial charge in [0.05, 0.1) is 0 Å². The first-order valence-electron chi connectivity index (χ1n) is 8.62. The minimum atomic E-state index is -0.548. The normalized spacial score (nSPS) is 22.0. The van der Waals surface area contributed by atoms with Gasteiger partial charge in [0.2, 0.25) is 0 Å². The van der Waals surface area contributed by atoms with Gasteiger partial charge in [0, 0.05) is 18.4 Å². The van der Waals surface area contributed by atoms with Gasteiger partial charge in [-0.1, -0.05) is 27.7 Å². The Morgan fingerprint density at radius 3 is 2.26 bits per heavy atom. The molecule has 3 atom stereocenters. The molecular formula is C20H28F2O. The molecule has 128 valence electrons. The lowest BCUT2D eigenvalue weighted by molar-refractivity contribution is -0.125. The summed E-state index contributed by atoms with van der Waals surface area (Å²) in [6.45, 7) is 8.44. The molecule has 0 radical (unpaired) electrons. The maximum Gasteiger partial charge on any atom is 0.136 e. The van der Waals surface area contributed by atoms with E-state index in [4.69, 9.17) is 0 Å². The predicted molar refractivity (Wildman–Crippen MR) is 89.1 cm³/mol. The summed E-state index contributed by atoms with van der Waals surface area (Å²) < 4.78 is 26.6. The van der Waals surface area contributed by atoms with E-state index in [0.29, 0.717) is 42.4 Å². The van der Waals surface area contributed by atoms with Crippen molar-refractivity contribution in [1.29, 1.82) is 0 Å². The summed E-state index contributed by atoms with van der Waals surface area (Å²) in [4.78, 5) is 12.6. The highest BCUT2D eigenvalue weighted by atomic mass is 19.1. The average Bonchev–Trinajstić information content (AvgIpc) is 3.06. The van der Waals surface area contributed by atoms with Gasteiger partial charge in [-0.05, 0) is 60.6 Å². The number of carbonyl (C=O) groups excluding carboxylic acids is 1. The summed E-state index contributed by atoms with van der Waals surface area (Å²) in [5, 5.41) is 0. The molecule has 23 heavy (non-hydrogen) atoms. The van der Waals surface area contributed by atoms with Gasteiger partial charge < -0.3 is 0 Å². The van der Waals surface area contributed by atoms with Crippen molar-refractivity contribution in [1.82, 2.24) is 0 Å². The minimum absolute atomic E-state index is 0.00973. The number of aryl methyl sites for hydroxylation is 1. The molecule has 0 heterocycles. The molecule has 0 aliphatic heterocycles. The third-order valence-corrected chi connectivity index (χ3v) is 4.73.